The first-order valence-electron chi connectivity index (χ1n) is 9.12. The molecule has 1 N–H and O–H groups in total. The molecule has 0 saturated carbocycles. The van der Waals surface area contributed by atoms with Crippen LogP contribution in [0.4, 0.5) is 5.69 Å². The second kappa shape index (κ2) is 8.52. The Morgan fingerprint density at radius 1 is 1.14 bits per heavy atom. The summed E-state index contributed by atoms with van der Waals surface area (Å²) in [5.74, 6) is -0.994. The highest BCUT2D eigenvalue weighted by Crippen LogP contribution is 2.30. The zero-order valence-electron chi connectivity index (χ0n) is 16.1. The van der Waals surface area contributed by atoms with Gasteiger partial charge in [-0.3, -0.25) is 4.79 Å². The average Bonchev–Trinajstić information content (AvgIpc) is 2.65. The Morgan fingerprint density at radius 2 is 1.86 bits per heavy atom. The molecular weight excluding hydrogens is 435 g/mol. The van der Waals surface area contributed by atoms with E-state index in [4.69, 9.17) is 28.3 Å². The molecule has 0 bridgehead atoms. The predicted molar refractivity (Wildman–Crippen MR) is 115 cm³/mol. The van der Waals surface area contributed by atoms with Gasteiger partial charge < -0.3 is 10.0 Å². The summed E-state index contributed by atoms with van der Waals surface area (Å²) in [4.78, 5) is 13.3. The van der Waals surface area contributed by atoms with Crippen molar-refractivity contribution in [3.63, 3.8) is 0 Å². The van der Waals surface area contributed by atoms with Crippen molar-refractivity contribution in [2.45, 2.75) is 31.2 Å². The number of aryl methyl sites for hydroxylation is 1. The van der Waals surface area contributed by atoms with Gasteiger partial charge in [-0.25, -0.2) is 8.42 Å². The fourth-order valence-electron chi connectivity index (χ4n) is 3.51. The molecule has 0 radical (unpaired) electrons. The van der Waals surface area contributed by atoms with Gasteiger partial charge in [-0.05, 0) is 55.3 Å². The van der Waals surface area contributed by atoms with E-state index in [0.717, 1.165) is 11.3 Å². The van der Waals surface area contributed by atoms with E-state index < -0.39 is 16.0 Å². The number of aliphatic carboxylic acids is 1. The standard InChI is InChI=1S/C20H22Cl2N2O4S/c1-13-3-5-17(9-15(13)10-20(25)26)29(27,28)24-8-7-23(12-14(24)2)16-4-6-18(21)19(22)11-16/h3-6,9,11,14H,7-8,10,12H2,1-2H3,(H,25,26)/t14-/m0/s1. The van der Waals surface area contributed by atoms with Crippen molar-refractivity contribution in [2.75, 3.05) is 24.5 Å². The van der Waals surface area contributed by atoms with E-state index in [-0.39, 0.29) is 17.4 Å². The van der Waals surface area contributed by atoms with Crippen LogP contribution < -0.4 is 4.90 Å². The van der Waals surface area contributed by atoms with Crippen LogP contribution in [-0.2, 0) is 21.2 Å². The first kappa shape index (κ1) is 21.9. The monoisotopic (exact) mass is 456 g/mol. The van der Waals surface area contributed by atoms with Crippen molar-refractivity contribution in [2.24, 2.45) is 0 Å². The highest BCUT2D eigenvalue weighted by atomic mass is 35.5. The Hall–Kier alpha value is -1.80. The largest absolute Gasteiger partial charge is 0.481 e. The van der Waals surface area contributed by atoms with Crippen LogP contribution in [0.3, 0.4) is 0 Å². The lowest BCUT2D eigenvalue weighted by Gasteiger charge is -2.40. The number of anilines is 1. The van der Waals surface area contributed by atoms with Gasteiger partial charge in [0.15, 0.2) is 0 Å². The molecular formula is C20H22Cl2N2O4S. The molecule has 0 aromatic heterocycles. The minimum atomic E-state index is -3.74. The molecule has 1 fully saturated rings. The number of halogens is 2. The van der Waals surface area contributed by atoms with Gasteiger partial charge in [0.05, 0.1) is 21.4 Å². The number of carboxylic acid groups (broad SMARTS) is 1. The van der Waals surface area contributed by atoms with Gasteiger partial charge in [0.1, 0.15) is 0 Å². The van der Waals surface area contributed by atoms with E-state index in [1.54, 1.807) is 25.1 Å². The van der Waals surface area contributed by atoms with Crippen molar-refractivity contribution in [3.8, 4) is 0 Å². The summed E-state index contributed by atoms with van der Waals surface area (Å²) in [6, 6.07) is 9.76. The number of hydrogen-bond acceptors (Lipinski definition) is 4. The highest BCUT2D eigenvalue weighted by molar-refractivity contribution is 7.89. The van der Waals surface area contributed by atoms with E-state index in [1.807, 2.05) is 13.0 Å². The first-order valence-corrected chi connectivity index (χ1v) is 11.3. The molecule has 0 aliphatic carbocycles. The van der Waals surface area contributed by atoms with E-state index >= 15 is 0 Å². The number of benzene rings is 2. The summed E-state index contributed by atoms with van der Waals surface area (Å²) in [6.45, 7) is 4.95. The van der Waals surface area contributed by atoms with Crippen molar-refractivity contribution < 1.29 is 18.3 Å². The van der Waals surface area contributed by atoms with Crippen LogP contribution in [-0.4, -0.2) is 49.5 Å². The summed E-state index contributed by atoms with van der Waals surface area (Å²) in [5.41, 5.74) is 2.15. The quantitative estimate of drug-likeness (QED) is 0.739. The lowest BCUT2D eigenvalue weighted by atomic mass is 10.1. The van der Waals surface area contributed by atoms with Crippen molar-refractivity contribution in [1.82, 2.24) is 4.31 Å². The molecule has 3 rings (SSSR count). The normalized spacial score (nSPS) is 18.1. The first-order chi connectivity index (χ1) is 13.6. The lowest BCUT2D eigenvalue weighted by molar-refractivity contribution is -0.136. The minimum absolute atomic E-state index is 0.120. The maximum absolute atomic E-state index is 13.2. The molecule has 156 valence electrons. The maximum atomic E-state index is 13.2. The second-order valence-electron chi connectivity index (χ2n) is 7.17. The summed E-state index contributed by atoms with van der Waals surface area (Å²) in [5, 5.41) is 10.00. The fraction of sp³-hybridized carbons (Fsp3) is 0.350. The highest BCUT2D eigenvalue weighted by Gasteiger charge is 2.34. The SMILES string of the molecule is Cc1ccc(S(=O)(=O)N2CCN(c3ccc(Cl)c(Cl)c3)C[C@@H]2C)cc1CC(=O)O. The number of rotatable bonds is 5. The molecule has 1 aliphatic rings. The predicted octanol–water partition coefficient (Wildman–Crippen LogP) is 3.83. The number of piperazine rings is 1. The maximum Gasteiger partial charge on any atom is 0.307 e. The number of carbonyl (C=O) groups is 1. The Balaban J connectivity index is 1.82. The molecule has 1 saturated heterocycles. The van der Waals surface area contributed by atoms with Crippen LogP contribution >= 0.6 is 23.2 Å². The Labute approximate surface area is 180 Å². The van der Waals surface area contributed by atoms with Crippen LogP contribution in [0.5, 0.6) is 0 Å². The number of sulfonamides is 1. The van der Waals surface area contributed by atoms with Gasteiger partial charge in [0, 0.05) is 31.4 Å². The summed E-state index contributed by atoms with van der Waals surface area (Å²) >= 11 is 12.1. The number of carboxylic acids is 1. The van der Waals surface area contributed by atoms with Crippen LogP contribution in [0.15, 0.2) is 41.3 Å². The third-order valence-corrected chi connectivity index (χ3v) is 7.85. The smallest absolute Gasteiger partial charge is 0.307 e. The van der Waals surface area contributed by atoms with Gasteiger partial charge in [0.25, 0.3) is 0 Å². The average molecular weight is 457 g/mol. The number of nitrogens with zero attached hydrogens (tertiary/aromatic N) is 2. The van der Waals surface area contributed by atoms with Gasteiger partial charge in [-0.2, -0.15) is 4.31 Å². The molecule has 0 amide bonds. The van der Waals surface area contributed by atoms with E-state index in [1.165, 1.54) is 16.4 Å². The molecule has 9 heteroatoms. The summed E-state index contributed by atoms with van der Waals surface area (Å²) < 4.78 is 27.9. The Kier molecular flexibility index (Phi) is 6.43. The molecule has 29 heavy (non-hydrogen) atoms. The molecule has 2 aromatic rings. The van der Waals surface area contributed by atoms with Gasteiger partial charge in [0.2, 0.25) is 10.0 Å². The second-order valence-corrected chi connectivity index (χ2v) is 9.87. The third kappa shape index (κ3) is 4.69. The molecule has 0 unspecified atom stereocenters. The Bertz CT molecular complexity index is 1040. The fourth-order valence-corrected chi connectivity index (χ4v) is 5.47. The molecule has 6 nitrogen and oxygen atoms in total. The van der Waals surface area contributed by atoms with Crippen LogP contribution in [0.25, 0.3) is 0 Å². The van der Waals surface area contributed by atoms with Crippen LogP contribution in [0, 0.1) is 6.92 Å². The number of hydrogen-bond donors (Lipinski definition) is 1. The van der Waals surface area contributed by atoms with Crippen LogP contribution in [0.1, 0.15) is 18.1 Å². The molecule has 1 atom stereocenters. The molecule has 0 spiro atoms. The van der Waals surface area contributed by atoms with Crippen molar-refractivity contribution >= 4 is 44.9 Å². The van der Waals surface area contributed by atoms with Gasteiger partial charge in [-0.15, -0.1) is 0 Å². The molecule has 1 heterocycles. The van der Waals surface area contributed by atoms with E-state index in [0.29, 0.717) is 35.2 Å². The molecule has 2 aromatic carbocycles. The lowest BCUT2D eigenvalue weighted by Crippen LogP contribution is -2.54. The Morgan fingerprint density at radius 3 is 2.48 bits per heavy atom. The van der Waals surface area contributed by atoms with Gasteiger partial charge in [-0.1, -0.05) is 29.3 Å². The van der Waals surface area contributed by atoms with Crippen LogP contribution in [0.2, 0.25) is 10.0 Å². The zero-order valence-corrected chi connectivity index (χ0v) is 18.4. The van der Waals surface area contributed by atoms with E-state index in [2.05, 4.69) is 4.90 Å². The van der Waals surface area contributed by atoms with Gasteiger partial charge >= 0.3 is 5.97 Å². The van der Waals surface area contributed by atoms with Crippen molar-refractivity contribution in [1.29, 1.82) is 0 Å². The summed E-state index contributed by atoms with van der Waals surface area (Å²) in [7, 11) is -3.74. The minimum Gasteiger partial charge on any atom is -0.481 e. The zero-order chi connectivity index (χ0) is 21.3. The third-order valence-electron chi connectivity index (χ3n) is 5.10. The van der Waals surface area contributed by atoms with E-state index in [9.17, 15) is 13.2 Å². The van der Waals surface area contributed by atoms with Crippen molar-refractivity contribution in [3.05, 3.63) is 57.6 Å². The molecule has 1 aliphatic heterocycles. The topological polar surface area (TPSA) is 77.9 Å². The summed E-state index contributed by atoms with van der Waals surface area (Å²) in [6.07, 6.45) is -0.212.